The number of nitrogens with zero attached hydrogens (tertiary/aromatic N) is 3. The van der Waals surface area contributed by atoms with Crippen LogP contribution < -0.4 is 21.7 Å². The molecule has 2 aromatic heterocycles. The molecule has 1 fully saturated rings. The summed E-state index contributed by atoms with van der Waals surface area (Å²) in [6.07, 6.45) is 5.36. The molecule has 1 saturated heterocycles. The lowest BCUT2D eigenvalue weighted by Crippen LogP contribution is -2.43. The fourth-order valence-electron chi connectivity index (χ4n) is 4.32. The molecule has 182 valence electrons. The van der Waals surface area contributed by atoms with Crippen LogP contribution in [-0.2, 0) is 6.42 Å². The fourth-order valence-corrected chi connectivity index (χ4v) is 4.32. The number of aromatic nitrogens is 2. The van der Waals surface area contributed by atoms with E-state index >= 15 is 0 Å². The van der Waals surface area contributed by atoms with E-state index in [0.29, 0.717) is 18.7 Å². The van der Waals surface area contributed by atoms with E-state index in [4.69, 9.17) is 11.5 Å². The summed E-state index contributed by atoms with van der Waals surface area (Å²) in [6, 6.07) is 9.08. The van der Waals surface area contributed by atoms with E-state index in [-0.39, 0.29) is 46.8 Å². The first kappa shape index (κ1) is 24.3. The molecule has 1 aliphatic heterocycles. The molecule has 3 aromatic rings. The number of halogens is 1. The number of hydrogen-bond donors (Lipinski definition) is 3. The molecule has 1 aromatic carbocycles. The Morgan fingerprint density at radius 1 is 1.23 bits per heavy atom. The summed E-state index contributed by atoms with van der Waals surface area (Å²) in [6.45, 7) is 3.82. The van der Waals surface area contributed by atoms with Crippen molar-refractivity contribution in [2.75, 3.05) is 30.3 Å². The van der Waals surface area contributed by atoms with Gasteiger partial charge in [0.2, 0.25) is 0 Å². The summed E-state index contributed by atoms with van der Waals surface area (Å²) >= 11 is 0. The van der Waals surface area contributed by atoms with Crippen LogP contribution in [-0.4, -0.2) is 47.3 Å². The molecule has 0 saturated carbocycles. The van der Waals surface area contributed by atoms with E-state index in [0.717, 1.165) is 30.6 Å². The van der Waals surface area contributed by atoms with E-state index in [1.165, 1.54) is 30.3 Å². The van der Waals surface area contributed by atoms with Gasteiger partial charge in [0, 0.05) is 66.9 Å². The standard InChI is InChI=1S/C26H29FN6O2/c1-2-31-26(35)16-5-6-20(27)19(12-16)22-8-7-21(29)25(32-22)24(34)13-17-14-30-10-9-23(17)33-11-3-4-18(28)15-33/h5-10,12,14,18H,2-4,11,13,15,28-29H2,1H3,(H,31,35)/t18-/m0/s1. The minimum Gasteiger partial charge on any atom is -0.397 e. The Balaban J connectivity index is 1.63. The Bertz CT molecular complexity index is 1250. The predicted molar refractivity (Wildman–Crippen MR) is 134 cm³/mol. The molecule has 4 rings (SSSR count). The van der Waals surface area contributed by atoms with Gasteiger partial charge in [-0.15, -0.1) is 0 Å². The summed E-state index contributed by atoms with van der Waals surface area (Å²) in [7, 11) is 0. The highest BCUT2D eigenvalue weighted by Crippen LogP contribution is 2.27. The van der Waals surface area contributed by atoms with Crippen molar-refractivity contribution in [2.45, 2.75) is 32.2 Å². The van der Waals surface area contributed by atoms with Crippen molar-refractivity contribution in [3.05, 3.63) is 71.4 Å². The number of Topliss-reactive ketones (excluding diaryl/α,β-unsaturated/α-hetero) is 1. The molecule has 0 unspecified atom stereocenters. The molecule has 0 aliphatic carbocycles. The molecule has 35 heavy (non-hydrogen) atoms. The molecule has 8 nitrogen and oxygen atoms in total. The smallest absolute Gasteiger partial charge is 0.251 e. The van der Waals surface area contributed by atoms with E-state index in [1.54, 1.807) is 19.3 Å². The van der Waals surface area contributed by atoms with Crippen molar-refractivity contribution in [2.24, 2.45) is 5.73 Å². The molecule has 1 amide bonds. The van der Waals surface area contributed by atoms with Crippen LogP contribution in [0.5, 0.6) is 0 Å². The summed E-state index contributed by atoms with van der Waals surface area (Å²) in [5, 5.41) is 2.69. The number of carbonyl (C=O) groups is 2. The second-order valence-corrected chi connectivity index (χ2v) is 8.64. The minimum absolute atomic E-state index is 0.0387. The number of nitrogen functional groups attached to an aromatic ring is 1. The van der Waals surface area contributed by atoms with Crippen LogP contribution in [0.1, 0.15) is 46.2 Å². The van der Waals surface area contributed by atoms with Crippen molar-refractivity contribution in [3.63, 3.8) is 0 Å². The molecule has 0 radical (unpaired) electrons. The van der Waals surface area contributed by atoms with E-state index in [9.17, 15) is 14.0 Å². The summed E-state index contributed by atoms with van der Waals surface area (Å²) < 4.78 is 14.7. The lowest BCUT2D eigenvalue weighted by Gasteiger charge is -2.33. The van der Waals surface area contributed by atoms with Crippen molar-refractivity contribution < 1.29 is 14.0 Å². The molecule has 3 heterocycles. The third-order valence-electron chi connectivity index (χ3n) is 6.06. The highest BCUT2D eigenvalue weighted by Gasteiger charge is 2.22. The molecule has 1 aliphatic rings. The van der Waals surface area contributed by atoms with Gasteiger partial charge in [0.15, 0.2) is 5.78 Å². The van der Waals surface area contributed by atoms with Crippen LogP contribution in [0.25, 0.3) is 11.3 Å². The van der Waals surface area contributed by atoms with Crippen molar-refractivity contribution >= 4 is 23.1 Å². The van der Waals surface area contributed by atoms with Gasteiger partial charge in [-0.05, 0) is 56.2 Å². The Kier molecular flexibility index (Phi) is 7.36. The summed E-state index contributed by atoms with van der Waals surface area (Å²) in [5.74, 6) is -1.17. The largest absolute Gasteiger partial charge is 0.397 e. The van der Waals surface area contributed by atoms with Gasteiger partial charge in [0.1, 0.15) is 11.5 Å². The van der Waals surface area contributed by atoms with Crippen LogP contribution in [0.15, 0.2) is 48.8 Å². The van der Waals surface area contributed by atoms with Crippen LogP contribution in [0.2, 0.25) is 0 Å². The third kappa shape index (κ3) is 5.46. The second-order valence-electron chi connectivity index (χ2n) is 8.64. The Morgan fingerprint density at radius 2 is 2.06 bits per heavy atom. The number of anilines is 2. The highest BCUT2D eigenvalue weighted by molar-refractivity contribution is 6.01. The quantitative estimate of drug-likeness (QED) is 0.447. The zero-order chi connectivity index (χ0) is 24.9. The van der Waals surface area contributed by atoms with Gasteiger partial charge >= 0.3 is 0 Å². The normalized spacial score (nSPS) is 15.6. The number of piperidine rings is 1. The van der Waals surface area contributed by atoms with Crippen LogP contribution in [0, 0.1) is 5.82 Å². The molecule has 0 spiro atoms. The van der Waals surface area contributed by atoms with Gasteiger partial charge in [-0.25, -0.2) is 9.37 Å². The van der Waals surface area contributed by atoms with Crippen molar-refractivity contribution in [1.29, 1.82) is 0 Å². The number of nitrogens with one attached hydrogen (secondary N) is 1. The monoisotopic (exact) mass is 476 g/mol. The maximum absolute atomic E-state index is 14.7. The van der Waals surface area contributed by atoms with Crippen molar-refractivity contribution in [1.82, 2.24) is 15.3 Å². The highest BCUT2D eigenvalue weighted by atomic mass is 19.1. The van der Waals surface area contributed by atoms with Crippen LogP contribution >= 0.6 is 0 Å². The number of benzene rings is 1. The molecular formula is C26H29FN6O2. The SMILES string of the molecule is CCNC(=O)c1ccc(F)c(-c2ccc(N)c(C(=O)Cc3cnccc3N3CCC[C@H](N)C3)n2)c1. The van der Waals surface area contributed by atoms with Crippen LogP contribution in [0.4, 0.5) is 15.8 Å². The molecular weight excluding hydrogens is 447 g/mol. The summed E-state index contributed by atoms with van der Waals surface area (Å²) in [4.78, 5) is 36.3. The predicted octanol–water partition coefficient (Wildman–Crippen LogP) is 2.97. The molecule has 0 bridgehead atoms. The topological polar surface area (TPSA) is 127 Å². The number of rotatable bonds is 7. The minimum atomic E-state index is -0.551. The Labute approximate surface area is 203 Å². The number of nitrogens with two attached hydrogens (primary N) is 2. The zero-order valence-electron chi connectivity index (χ0n) is 19.6. The number of hydrogen-bond acceptors (Lipinski definition) is 7. The van der Waals surface area contributed by atoms with E-state index in [2.05, 4.69) is 20.2 Å². The average molecular weight is 477 g/mol. The van der Waals surface area contributed by atoms with E-state index in [1.807, 2.05) is 6.07 Å². The van der Waals surface area contributed by atoms with Gasteiger partial charge in [-0.3, -0.25) is 14.6 Å². The van der Waals surface area contributed by atoms with Gasteiger partial charge in [0.05, 0.1) is 11.4 Å². The molecule has 9 heteroatoms. The molecule has 1 atom stereocenters. The van der Waals surface area contributed by atoms with Crippen LogP contribution in [0.3, 0.4) is 0 Å². The lowest BCUT2D eigenvalue weighted by molar-refractivity contribution is 0.0954. The number of amides is 1. The van der Waals surface area contributed by atoms with Gasteiger partial charge < -0.3 is 21.7 Å². The molecule has 5 N–H and O–H groups in total. The van der Waals surface area contributed by atoms with Gasteiger partial charge in [-0.1, -0.05) is 0 Å². The number of pyridine rings is 2. The first-order valence-corrected chi connectivity index (χ1v) is 11.7. The Hall–Kier alpha value is -3.85. The van der Waals surface area contributed by atoms with Gasteiger partial charge in [0.25, 0.3) is 5.91 Å². The first-order chi connectivity index (χ1) is 16.9. The maximum Gasteiger partial charge on any atom is 0.251 e. The average Bonchev–Trinajstić information content (AvgIpc) is 2.85. The fraction of sp³-hybridized carbons (Fsp3) is 0.308. The summed E-state index contributed by atoms with van der Waals surface area (Å²) in [5.41, 5.74) is 14.8. The lowest BCUT2D eigenvalue weighted by atomic mass is 10.0. The third-order valence-corrected chi connectivity index (χ3v) is 6.06. The van der Waals surface area contributed by atoms with Crippen molar-refractivity contribution in [3.8, 4) is 11.3 Å². The number of carbonyl (C=O) groups excluding carboxylic acids is 2. The number of ketones is 1. The maximum atomic E-state index is 14.7. The Morgan fingerprint density at radius 3 is 2.83 bits per heavy atom. The second kappa shape index (κ2) is 10.6. The van der Waals surface area contributed by atoms with E-state index < -0.39 is 5.82 Å². The van der Waals surface area contributed by atoms with Gasteiger partial charge in [-0.2, -0.15) is 0 Å². The zero-order valence-corrected chi connectivity index (χ0v) is 19.6. The first-order valence-electron chi connectivity index (χ1n) is 11.7.